The van der Waals surface area contributed by atoms with Crippen LogP contribution in [-0.4, -0.2) is 49.9 Å². The van der Waals surface area contributed by atoms with Crippen molar-refractivity contribution in [3.05, 3.63) is 24.3 Å². The van der Waals surface area contributed by atoms with Crippen LogP contribution in [0, 0.1) is 5.92 Å². The third-order valence-electron chi connectivity index (χ3n) is 4.20. The third-order valence-corrected chi connectivity index (χ3v) is 4.20. The van der Waals surface area contributed by atoms with Crippen molar-refractivity contribution >= 4 is 11.6 Å². The van der Waals surface area contributed by atoms with Crippen molar-refractivity contribution in [2.75, 3.05) is 33.4 Å². The Bertz CT molecular complexity index is 548. The average Bonchev–Trinajstić information content (AvgIpc) is 2.59. The summed E-state index contributed by atoms with van der Waals surface area (Å²) in [6.45, 7) is 3.14. The molecule has 0 spiro atoms. The number of rotatable bonds is 5. The molecular formula is C16H21N3O3. The molecule has 118 valence electrons. The van der Waals surface area contributed by atoms with Crippen LogP contribution in [-0.2, 0) is 4.79 Å². The standard InChI is InChI=1S/C16H21N3O3/c1-21-13-2-4-14(5-3-13)22-11-16(20)18-17-15-10-19-8-6-12(15)7-9-19/h2-5,12H,6-11H2,1H3,(H,18,20). The Morgan fingerprint density at radius 1 is 1.27 bits per heavy atom. The van der Waals surface area contributed by atoms with Crippen LogP contribution < -0.4 is 14.9 Å². The molecule has 3 aliphatic rings. The molecule has 6 heteroatoms. The summed E-state index contributed by atoms with van der Waals surface area (Å²) in [5, 5.41) is 4.28. The van der Waals surface area contributed by atoms with Gasteiger partial charge in [-0.3, -0.25) is 9.69 Å². The van der Waals surface area contributed by atoms with Crippen molar-refractivity contribution in [3.63, 3.8) is 0 Å². The molecule has 4 rings (SSSR count). The zero-order valence-corrected chi connectivity index (χ0v) is 12.7. The predicted octanol–water partition coefficient (Wildman–Crippen LogP) is 1.27. The van der Waals surface area contributed by atoms with Crippen LogP contribution in [0.4, 0.5) is 0 Å². The molecule has 2 bridgehead atoms. The Morgan fingerprint density at radius 3 is 2.55 bits per heavy atom. The molecule has 0 atom stereocenters. The molecule has 0 aromatic heterocycles. The molecule has 1 N–H and O–H groups in total. The number of amides is 1. The van der Waals surface area contributed by atoms with Crippen molar-refractivity contribution < 1.29 is 14.3 Å². The molecule has 0 unspecified atom stereocenters. The van der Waals surface area contributed by atoms with Gasteiger partial charge in [0.05, 0.1) is 12.8 Å². The summed E-state index contributed by atoms with van der Waals surface area (Å²) in [6, 6.07) is 7.12. The quantitative estimate of drug-likeness (QED) is 0.832. The van der Waals surface area contributed by atoms with Crippen LogP contribution in [0.3, 0.4) is 0 Å². The van der Waals surface area contributed by atoms with Crippen molar-refractivity contribution in [2.24, 2.45) is 11.0 Å². The van der Waals surface area contributed by atoms with E-state index in [9.17, 15) is 4.79 Å². The number of piperidine rings is 3. The molecule has 1 amide bonds. The fourth-order valence-electron chi connectivity index (χ4n) is 2.90. The minimum Gasteiger partial charge on any atom is -0.497 e. The highest BCUT2D eigenvalue weighted by molar-refractivity contribution is 5.91. The second-order valence-corrected chi connectivity index (χ2v) is 5.65. The van der Waals surface area contributed by atoms with Gasteiger partial charge in [0.15, 0.2) is 6.61 Å². The number of ether oxygens (including phenoxy) is 2. The first-order chi connectivity index (χ1) is 10.7. The summed E-state index contributed by atoms with van der Waals surface area (Å²) in [5.74, 6) is 1.68. The van der Waals surface area contributed by atoms with Crippen molar-refractivity contribution in [3.8, 4) is 11.5 Å². The Labute approximate surface area is 130 Å². The Balaban J connectivity index is 1.46. The molecule has 1 aromatic carbocycles. The molecule has 6 nitrogen and oxygen atoms in total. The summed E-state index contributed by atoms with van der Waals surface area (Å²) in [4.78, 5) is 14.2. The maximum Gasteiger partial charge on any atom is 0.277 e. The molecule has 0 saturated carbocycles. The maximum absolute atomic E-state index is 11.8. The van der Waals surface area contributed by atoms with Gasteiger partial charge in [-0.15, -0.1) is 0 Å². The van der Waals surface area contributed by atoms with Gasteiger partial charge < -0.3 is 9.47 Å². The largest absolute Gasteiger partial charge is 0.497 e. The molecule has 0 radical (unpaired) electrons. The Kier molecular flexibility index (Phi) is 4.58. The zero-order valence-electron chi connectivity index (χ0n) is 12.7. The molecular weight excluding hydrogens is 282 g/mol. The lowest BCUT2D eigenvalue weighted by Crippen LogP contribution is -2.48. The number of hydrazone groups is 1. The summed E-state index contributed by atoms with van der Waals surface area (Å²) >= 11 is 0. The number of hydrogen-bond acceptors (Lipinski definition) is 5. The monoisotopic (exact) mass is 303 g/mol. The van der Waals surface area contributed by atoms with Crippen LogP contribution in [0.5, 0.6) is 11.5 Å². The summed E-state index contributed by atoms with van der Waals surface area (Å²) in [5.41, 5.74) is 3.70. The van der Waals surface area contributed by atoms with E-state index < -0.39 is 0 Å². The fraction of sp³-hybridized carbons (Fsp3) is 0.500. The normalized spacial score (nSPS) is 25.0. The second-order valence-electron chi connectivity index (χ2n) is 5.65. The number of benzene rings is 1. The zero-order chi connectivity index (χ0) is 15.4. The summed E-state index contributed by atoms with van der Waals surface area (Å²) in [7, 11) is 1.61. The third kappa shape index (κ3) is 3.57. The van der Waals surface area contributed by atoms with E-state index in [0.717, 1.165) is 43.9 Å². The van der Waals surface area contributed by atoms with Gasteiger partial charge in [-0.1, -0.05) is 0 Å². The van der Waals surface area contributed by atoms with E-state index in [0.29, 0.717) is 11.7 Å². The SMILES string of the molecule is COc1ccc(OCC(=O)NN=C2CN3CCC2CC3)cc1. The summed E-state index contributed by atoms with van der Waals surface area (Å²) < 4.78 is 10.5. The highest BCUT2D eigenvalue weighted by Gasteiger charge is 2.30. The molecule has 3 fully saturated rings. The van der Waals surface area contributed by atoms with Crippen molar-refractivity contribution in [2.45, 2.75) is 12.8 Å². The number of carbonyl (C=O) groups is 1. The number of fused-ring (bicyclic) bond motifs is 3. The van der Waals surface area contributed by atoms with E-state index in [1.165, 1.54) is 0 Å². The molecule has 3 aliphatic heterocycles. The van der Waals surface area contributed by atoms with Gasteiger partial charge in [0.2, 0.25) is 0 Å². The number of carbonyl (C=O) groups excluding carboxylic acids is 1. The van der Waals surface area contributed by atoms with Crippen molar-refractivity contribution in [1.82, 2.24) is 10.3 Å². The minimum atomic E-state index is -0.236. The van der Waals surface area contributed by atoms with Gasteiger partial charge in [0.1, 0.15) is 11.5 Å². The number of nitrogens with one attached hydrogen (secondary N) is 1. The van der Waals surface area contributed by atoms with Gasteiger partial charge in [-0.25, -0.2) is 5.43 Å². The maximum atomic E-state index is 11.8. The van der Waals surface area contributed by atoms with Crippen LogP contribution >= 0.6 is 0 Å². The first-order valence-electron chi connectivity index (χ1n) is 7.59. The van der Waals surface area contributed by atoms with E-state index in [-0.39, 0.29) is 12.5 Å². The van der Waals surface area contributed by atoms with E-state index in [2.05, 4.69) is 15.4 Å². The first-order valence-corrected chi connectivity index (χ1v) is 7.59. The average molecular weight is 303 g/mol. The Morgan fingerprint density at radius 2 is 1.95 bits per heavy atom. The lowest BCUT2D eigenvalue weighted by molar-refractivity contribution is -0.123. The lowest BCUT2D eigenvalue weighted by atomic mass is 9.87. The van der Waals surface area contributed by atoms with Crippen LogP contribution in [0.25, 0.3) is 0 Å². The first kappa shape index (κ1) is 14.8. The van der Waals surface area contributed by atoms with Crippen LogP contribution in [0.2, 0.25) is 0 Å². The second kappa shape index (κ2) is 6.79. The Hall–Kier alpha value is -2.08. The smallest absolute Gasteiger partial charge is 0.277 e. The van der Waals surface area contributed by atoms with Gasteiger partial charge in [0.25, 0.3) is 5.91 Å². The van der Waals surface area contributed by atoms with E-state index >= 15 is 0 Å². The van der Waals surface area contributed by atoms with Crippen molar-refractivity contribution in [1.29, 1.82) is 0 Å². The molecule has 1 aromatic rings. The van der Waals surface area contributed by atoms with E-state index in [1.54, 1.807) is 31.4 Å². The number of hydrogen-bond donors (Lipinski definition) is 1. The molecule has 22 heavy (non-hydrogen) atoms. The van der Waals surface area contributed by atoms with E-state index in [1.807, 2.05) is 0 Å². The molecule has 3 heterocycles. The molecule has 0 aliphatic carbocycles. The fourth-order valence-corrected chi connectivity index (χ4v) is 2.90. The van der Waals surface area contributed by atoms with Gasteiger partial charge in [0, 0.05) is 12.5 Å². The predicted molar refractivity (Wildman–Crippen MR) is 83.2 cm³/mol. The van der Waals surface area contributed by atoms with Gasteiger partial charge in [-0.05, 0) is 50.2 Å². The number of methoxy groups -OCH3 is 1. The topological polar surface area (TPSA) is 63.2 Å². The van der Waals surface area contributed by atoms with Crippen LogP contribution in [0.1, 0.15) is 12.8 Å². The molecule has 3 saturated heterocycles. The summed E-state index contributed by atoms with van der Waals surface area (Å²) in [6.07, 6.45) is 2.30. The lowest BCUT2D eigenvalue weighted by Gasteiger charge is -2.39. The highest BCUT2D eigenvalue weighted by Crippen LogP contribution is 2.24. The van der Waals surface area contributed by atoms with Gasteiger partial charge >= 0.3 is 0 Å². The minimum absolute atomic E-state index is 0.0442. The highest BCUT2D eigenvalue weighted by atomic mass is 16.5. The van der Waals surface area contributed by atoms with E-state index in [4.69, 9.17) is 9.47 Å². The van der Waals surface area contributed by atoms with Crippen LogP contribution in [0.15, 0.2) is 29.4 Å². The number of nitrogens with zero attached hydrogens (tertiary/aromatic N) is 2. The van der Waals surface area contributed by atoms with Gasteiger partial charge in [-0.2, -0.15) is 5.10 Å².